The van der Waals surface area contributed by atoms with Gasteiger partial charge >= 0.3 is 0 Å². The Morgan fingerprint density at radius 3 is 2.59 bits per heavy atom. The molecular formula is C14H17N5O2S. The van der Waals surface area contributed by atoms with E-state index in [0.29, 0.717) is 24.2 Å². The molecule has 22 heavy (non-hydrogen) atoms. The third kappa shape index (κ3) is 2.35. The zero-order valence-corrected chi connectivity index (χ0v) is 13.2. The Labute approximate surface area is 129 Å². The van der Waals surface area contributed by atoms with Gasteiger partial charge < -0.3 is 11.5 Å². The minimum absolute atomic E-state index is 0.0884. The topological polar surface area (TPSA) is 115 Å². The SMILES string of the molecule is Cc1cc2c(c(-c3cnc(N)nc3N)c1)N(S(C)(=O)=O)CC2. The van der Waals surface area contributed by atoms with E-state index >= 15 is 0 Å². The first-order chi connectivity index (χ1) is 10.3. The van der Waals surface area contributed by atoms with Crippen LogP contribution >= 0.6 is 0 Å². The van der Waals surface area contributed by atoms with E-state index in [9.17, 15) is 8.42 Å². The number of aromatic nitrogens is 2. The molecule has 0 amide bonds. The first kappa shape index (κ1) is 14.6. The fraction of sp³-hybridized carbons (Fsp3) is 0.286. The smallest absolute Gasteiger partial charge is 0.232 e. The second-order valence-electron chi connectivity index (χ2n) is 5.43. The summed E-state index contributed by atoms with van der Waals surface area (Å²) >= 11 is 0. The van der Waals surface area contributed by atoms with Gasteiger partial charge in [-0.15, -0.1) is 0 Å². The van der Waals surface area contributed by atoms with Crippen molar-refractivity contribution in [3.63, 3.8) is 0 Å². The number of sulfonamides is 1. The number of fused-ring (bicyclic) bond motifs is 1. The van der Waals surface area contributed by atoms with Crippen molar-refractivity contribution >= 4 is 27.5 Å². The molecule has 0 aliphatic carbocycles. The van der Waals surface area contributed by atoms with Crippen molar-refractivity contribution in [1.29, 1.82) is 0 Å². The number of benzene rings is 1. The molecule has 116 valence electrons. The molecule has 4 N–H and O–H groups in total. The van der Waals surface area contributed by atoms with Crippen LogP contribution in [0.2, 0.25) is 0 Å². The average molecular weight is 319 g/mol. The van der Waals surface area contributed by atoms with Crippen LogP contribution in [0.1, 0.15) is 11.1 Å². The fourth-order valence-electron chi connectivity index (χ4n) is 2.83. The molecule has 1 aliphatic heterocycles. The van der Waals surface area contributed by atoms with Crippen LogP contribution in [0.3, 0.4) is 0 Å². The summed E-state index contributed by atoms with van der Waals surface area (Å²) in [6.45, 7) is 2.39. The van der Waals surface area contributed by atoms with E-state index < -0.39 is 10.0 Å². The predicted octanol–water partition coefficient (Wildman–Crippen LogP) is 0.939. The Hall–Kier alpha value is -2.35. The molecule has 0 atom stereocenters. The van der Waals surface area contributed by atoms with Crippen LogP contribution in [0.25, 0.3) is 11.1 Å². The van der Waals surface area contributed by atoms with E-state index in [-0.39, 0.29) is 11.8 Å². The van der Waals surface area contributed by atoms with Gasteiger partial charge in [-0.1, -0.05) is 11.6 Å². The van der Waals surface area contributed by atoms with Gasteiger partial charge in [-0.3, -0.25) is 4.31 Å². The van der Waals surface area contributed by atoms with Gasteiger partial charge in [0.15, 0.2) is 0 Å². The molecule has 0 spiro atoms. The largest absolute Gasteiger partial charge is 0.383 e. The van der Waals surface area contributed by atoms with Gasteiger partial charge in [0.05, 0.1) is 11.9 Å². The summed E-state index contributed by atoms with van der Waals surface area (Å²) in [5.41, 5.74) is 15.5. The lowest BCUT2D eigenvalue weighted by Gasteiger charge is -2.21. The van der Waals surface area contributed by atoms with Gasteiger partial charge in [0.1, 0.15) is 5.82 Å². The van der Waals surface area contributed by atoms with Crippen molar-refractivity contribution in [2.45, 2.75) is 13.3 Å². The van der Waals surface area contributed by atoms with E-state index in [2.05, 4.69) is 9.97 Å². The Kier molecular flexibility index (Phi) is 3.21. The molecule has 1 aromatic carbocycles. The average Bonchev–Trinajstić information content (AvgIpc) is 2.81. The maximum atomic E-state index is 12.0. The minimum Gasteiger partial charge on any atom is -0.383 e. The monoisotopic (exact) mass is 319 g/mol. The van der Waals surface area contributed by atoms with Crippen molar-refractivity contribution in [2.24, 2.45) is 0 Å². The molecule has 0 bridgehead atoms. The van der Waals surface area contributed by atoms with Crippen LogP contribution in [0.15, 0.2) is 18.3 Å². The van der Waals surface area contributed by atoms with E-state index in [1.165, 1.54) is 16.8 Å². The molecular weight excluding hydrogens is 302 g/mol. The molecule has 0 saturated carbocycles. The Bertz CT molecular complexity index is 864. The molecule has 0 unspecified atom stereocenters. The van der Waals surface area contributed by atoms with Gasteiger partial charge in [0.2, 0.25) is 16.0 Å². The zero-order valence-electron chi connectivity index (χ0n) is 12.4. The van der Waals surface area contributed by atoms with Crippen LogP contribution in [-0.4, -0.2) is 31.2 Å². The maximum Gasteiger partial charge on any atom is 0.232 e. The van der Waals surface area contributed by atoms with E-state index in [1.807, 2.05) is 19.1 Å². The second kappa shape index (κ2) is 4.84. The number of hydrogen-bond acceptors (Lipinski definition) is 6. The lowest BCUT2D eigenvalue weighted by Crippen LogP contribution is -2.28. The van der Waals surface area contributed by atoms with Crippen molar-refractivity contribution in [3.8, 4) is 11.1 Å². The number of anilines is 3. The van der Waals surface area contributed by atoms with Crippen LogP contribution < -0.4 is 15.8 Å². The lowest BCUT2D eigenvalue weighted by atomic mass is 9.99. The summed E-state index contributed by atoms with van der Waals surface area (Å²) in [6, 6.07) is 3.89. The van der Waals surface area contributed by atoms with Crippen molar-refractivity contribution in [2.75, 3.05) is 28.6 Å². The first-order valence-electron chi connectivity index (χ1n) is 6.77. The molecule has 0 fully saturated rings. The van der Waals surface area contributed by atoms with Crippen molar-refractivity contribution in [3.05, 3.63) is 29.5 Å². The molecule has 0 radical (unpaired) electrons. The van der Waals surface area contributed by atoms with Gasteiger partial charge in [-0.2, -0.15) is 4.98 Å². The fourth-order valence-corrected chi connectivity index (χ4v) is 3.80. The van der Waals surface area contributed by atoms with Gasteiger partial charge in [-0.05, 0) is 25.0 Å². The molecule has 2 heterocycles. The summed E-state index contributed by atoms with van der Waals surface area (Å²) in [4.78, 5) is 7.95. The molecule has 1 aromatic heterocycles. The predicted molar refractivity (Wildman–Crippen MR) is 86.9 cm³/mol. The van der Waals surface area contributed by atoms with E-state index in [0.717, 1.165) is 16.7 Å². The maximum absolute atomic E-state index is 12.0. The van der Waals surface area contributed by atoms with Crippen LogP contribution in [0.4, 0.5) is 17.5 Å². The Morgan fingerprint density at radius 2 is 1.95 bits per heavy atom. The highest BCUT2D eigenvalue weighted by Gasteiger charge is 2.30. The van der Waals surface area contributed by atoms with Crippen molar-refractivity contribution < 1.29 is 8.42 Å². The third-order valence-corrected chi connectivity index (χ3v) is 4.86. The third-order valence-electron chi connectivity index (χ3n) is 3.69. The molecule has 3 rings (SSSR count). The number of hydrogen-bond donors (Lipinski definition) is 2. The standard InChI is InChI=1S/C14H17N5O2S/c1-8-5-9-3-4-19(22(2,20)21)12(9)10(6-8)11-7-17-14(16)18-13(11)15/h5-7H,3-4H2,1-2H3,(H4,15,16,17,18). The number of aryl methyl sites for hydroxylation is 1. The minimum atomic E-state index is -3.35. The zero-order chi connectivity index (χ0) is 16.1. The quantitative estimate of drug-likeness (QED) is 0.851. The van der Waals surface area contributed by atoms with Crippen LogP contribution in [0, 0.1) is 6.92 Å². The molecule has 1 aliphatic rings. The lowest BCUT2D eigenvalue weighted by molar-refractivity contribution is 0.598. The molecule has 2 aromatic rings. The molecule has 8 heteroatoms. The van der Waals surface area contributed by atoms with Gasteiger partial charge in [-0.25, -0.2) is 13.4 Å². The molecule has 0 saturated heterocycles. The number of nitrogens with two attached hydrogens (primary N) is 2. The summed E-state index contributed by atoms with van der Waals surface area (Å²) < 4.78 is 25.5. The highest BCUT2D eigenvalue weighted by molar-refractivity contribution is 7.92. The van der Waals surface area contributed by atoms with Crippen LogP contribution in [-0.2, 0) is 16.4 Å². The summed E-state index contributed by atoms with van der Waals surface area (Å²) in [7, 11) is -3.35. The number of rotatable bonds is 2. The Balaban J connectivity index is 2.29. The summed E-state index contributed by atoms with van der Waals surface area (Å²) in [5, 5.41) is 0. The highest BCUT2D eigenvalue weighted by atomic mass is 32.2. The summed E-state index contributed by atoms with van der Waals surface area (Å²) in [6.07, 6.45) is 3.41. The van der Waals surface area contributed by atoms with Gasteiger partial charge in [0.25, 0.3) is 0 Å². The van der Waals surface area contributed by atoms with E-state index in [1.54, 1.807) is 0 Å². The summed E-state index contributed by atoms with van der Waals surface area (Å²) in [5.74, 6) is 0.325. The Morgan fingerprint density at radius 1 is 1.23 bits per heavy atom. The normalized spacial score (nSPS) is 14.2. The van der Waals surface area contributed by atoms with Crippen molar-refractivity contribution in [1.82, 2.24) is 9.97 Å². The molecule has 7 nitrogen and oxygen atoms in total. The first-order valence-corrected chi connectivity index (χ1v) is 8.62. The van der Waals surface area contributed by atoms with Gasteiger partial charge in [0, 0.05) is 23.9 Å². The number of nitrogen functional groups attached to an aromatic ring is 2. The van der Waals surface area contributed by atoms with E-state index in [4.69, 9.17) is 11.5 Å². The number of nitrogens with zero attached hydrogens (tertiary/aromatic N) is 3. The van der Waals surface area contributed by atoms with Crippen LogP contribution in [0.5, 0.6) is 0 Å². The second-order valence-corrected chi connectivity index (χ2v) is 7.34. The highest BCUT2D eigenvalue weighted by Crippen LogP contribution is 2.41.